The van der Waals surface area contributed by atoms with Crippen molar-refractivity contribution < 1.29 is 0 Å². The maximum atomic E-state index is 5.33. The van der Waals surface area contributed by atoms with Crippen LogP contribution in [-0.4, -0.2) is 50.7 Å². The van der Waals surface area contributed by atoms with Gasteiger partial charge in [-0.1, -0.05) is 127 Å². The predicted octanol–water partition coefficient (Wildman–Crippen LogP) is 15.2. The van der Waals surface area contributed by atoms with Gasteiger partial charge in [0.15, 0.2) is 0 Å². The molecular formula is C63H66N6. The van der Waals surface area contributed by atoms with Crippen LogP contribution in [0.5, 0.6) is 0 Å². The quantitative estimate of drug-likeness (QED) is 0.145. The molecule has 0 saturated heterocycles. The highest BCUT2D eigenvalue weighted by Gasteiger charge is 2.52. The second-order valence-electron chi connectivity index (χ2n) is 22.2. The van der Waals surface area contributed by atoms with E-state index in [0.29, 0.717) is 0 Å². The number of amidine groups is 3. The van der Waals surface area contributed by atoms with E-state index in [0.717, 1.165) is 84.6 Å². The van der Waals surface area contributed by atoms with Crippen LogP contribution in [0.25, 0.3) is 33.4 Å². The van der Waals surface area contributed by atoms with Gasteiger partial charge in [-0.15, -0.1) is 0 Å². The van der Waals surface area contributed by atoms with Crippen LogP contribution < -0.4 is 14.7 Å². The highest BCUT2D eigenvalue weighted by atomic mass is 15.4. The molecule has 0 saturated carbocycles. The fraction of sp³-hybridized carbons (Fsp3) is 0.286. The molecule has 0 spiro atoms. The Bertz CT molecular complexity index is 2770. The summed E-state index contributed by atoms with van der Waals surface area (Å²) in [4.78, 5) is 23.2. The Labute approximate surface area is 410 Å². The number of hydrogen-bond donors (Lipinski definition) is 0. The summed E-state index contributed by atoms with van der Waals surface area (Å²) in [6.07, 6.45) is 0. The Morgan fingerprint density at radius 3 is 0.681 bits per heavy atom. The van der Waals surface area contributed by atoms with Crippen LogP contribution >= 0.6 is 0 Å². The molecule has 3 heterocycles. The summed E-state index contributed by atoms with van der Waals surface area (Å²) < 4.78 is 0. The van der Waals surface area contributed by atoms with Gasteiger partial charge in [0, 0.05) is 33.8 Å². The summed E-state index contributed by atoms with van der Waals surface area (Å²) in [7, 11) is 0. The average Bonchev–Trinajstić information content (AvgIpc) is 3.76. The van der Waals surface area contributed by atoms with Crippen molar-refractivity contribution in [3.05, 3.63) is 199 Å². The van der Waals surface area contributed by atoms with Crippen molar-refractivity contribution in [2.75, 3.05) is 14.7 Å². The van der Waals surface area contributed by atoms with E-state index in [9.17, 15) is 0 Å². The molecule has 7 aromatic carbocycles. The topological polar surface area (TPSA) is 46.8 Å². The van der Waals surface area contributed by atoms with E-state index >= 15 is 0 Å². The molecule has 0 unspecified atom stereocenters. The van der Waals surface area contributed by atoms with E-state index in [1.165, 1.54) is 0 Å². The number of benzene rings is 7. The summed E-state index contributed by atoms with van der Waals surface area (Å²) in [6, 6.07) is 66.0. The molecule has 0 fully saturated rings. The average molecular weight is 907 g/mol. The first kappa shape index (κ1) is 45.7. The molecular weight excluding hydrogens is 841 g/mol. The summed E-state index contributed by atoms with van der Waals surface area (Å²) in [5.74, 6) is 3.00. The van der Waals surface area contributed by atoms with Crippen molar-refractivity contribution in [3.8, 4) is 33.4 Å². The zero-order chi connectivity index (χ0) is 48.7. The third-order valence-electron chi connectivity index (χ3n) is 16.4. The molecule has 0 N–H and O–H groups in total. The first-order valence-corrected chi connectivity index (χ1v) is 24.5. The molecule has 348 valence electrons. The molecule has 69 heavy (non-hydrogen) atoms. The second-order valence-corrected chi connectivity index (χ2v) is 22.2. The molecule has 3 aliphatic rings. The van der Waals surface area contributed by atoms with Crippen LogP contribution in [-0.2, 0) is 0 Å². The maximum Gasteiger partial charge on any atom is 0.136 e. The van der Waals surface area contributed by atoms with E-state index in [1.807, 2.05) is 0 Å². The Morgan fingerprint density at radius 1 is 0.246 bits per heavy atom. The number of anilines is 3. The van der Waals surface area contributed by atoms with Gasteiger partial charge in [0.1, 0.15) is 17.5 Å². The first-order chi connectivity index (χ1) is 32.7. The highest BCUT2D eigenvalue weighted by Crippen LogP contribution is 2.46. The number of hydrogen-bond acceptors (Lipinski definition) is 6. The molecule has 0 bridgehead atoms. The highest BCUT2D eigenvalue weighted by molar-refractivity contribution is 6.14. The summed E-state index contributed by atoms with van der Waals surface area (Å²) in [6.45, 7) is 27.2. The summed E-state index contributed by atoms with van der Waals surface area (Å²) in [5.41, 5.74) is 12.0. The van der Waals surface area contributed by atoms with Crippen LogP contribution in [0, 0.1) is 0 Å². The summed E-state index contributed by atoms with van der Waals surface area (Å²) in [5, 5.41) is 0. The van der Waals surface area contributed by atoms with Gasteiger partial charge in [-0.3, -0.25) is 15.0 Å². The first-order valence-electron chi connectivity index (χ1n) is 24.5. The van der Waals surface area contributed by atoms with E-state index in [-0.39, 0.29) is 33.2 Å². The zero-order valence-corrected chi connectivity index (χ0v) is 42.5. The van der Waals surface area contributed by atoms with E-state index in [4.69, 9.17) is 15.0 Å². The largest absolute Gasteiger partial charge is 0.318 e. The Hall–Kier alpha value is -7.05. The monoisotopic (exact) mass is 907 g/mol. The zero-order valence-electron chi connectivity index (χ0n) is 42.5. The Balaban J connectivity index is 1.05. The lowest BCUT2D eigenvalue weighted by molar-refractivity contribution is 0.338. The molecule has 0 atom stereocenters. The van der Waals surface area contributed by atoms with Crippen molar-refractivity contribution in [2.24, 2.45) is 15.0 Å². The van der Waals surface area contributed by atoms with Gasteiger partial charge in [0.25, 0.3) is 0 Å². The van der Waals surface area contributed by atoms with E-state index in [1.54, 1.807) is 0 Å². The van der Waals surface area contributed by atoms with Crippen molar-refractivity contribution in [1.82, 2.24) is 0 Å². The van der Waals surface area contributed by atoms with Crippen LogP contribution in [0.2, 0.25) is 0 Å². The van der Waals surface area contributed by atoms with Gasteiger partial charge < -0.3 is 14.7 Å². The molecule has 10 rings (SSSR count). The molecule has 6 nitrogen and oxygen atoms in total. The van der Waals surface area contributed by atoms with Gasteiger partial charge >= 0.3 is 0 Å². The number of rotatable bonds is 9. The van der Waals surface area contributed by atoms with Crippen molar-refractivity contribution in [3.63, 3.8) is 0 Å². The SMILES string of the molecule is CC1(C)N=C(c2ccccc2)N(c2ccc(-c3cc(-c4ccc(N5C(c6ccccc6)=NC(C)(C)C5(C)C)cc4)cc(-c4ccc(N5C(c6ccccc6)=NC(C)(C)C5(C)C)cc4)c3)cc2)C1(C)C. The van der Waals surface area contributed by atoms with Crippen molar-refractivity contribution in [1.29, 1.82) is 0 Å². The Morgan fingerprint density at radius 2 is 0.464 bits per heavy atom. The van der Waals surface area contributed by atoms with E-state index < -0.39 is 0 Å². The molecule has 0 aliphatic carbocycles. The lowest BCUT2D eigenvalue weighted by Gasteiger charge is -2.41. The maximum absolute atomic E-state index is 5.33. The standard InChI is InChI=1S/C63H66N6/c1-58(2)61(7,8)67(55(64-58)46-22-16-13-17-23-46)52-34-28-43(29-35-52)49-40-50(44-30-36-53(37-31-44)68-56(47-24-18-14-19-25-47)65-59(3,4)62(68,9)10)42-51(41-49)45-32-38-54(39-33-45)69-57(48-26-20-15-21-27-48)66-60(5,6)63(69,11)12/h13-42H,1-12H3. The van der Waals surface area contributed by atoms with Crippen LogP contribution in [0.15, 0.2) is 197 Å². The summed E-state index contributed by atoms with van der Waals surface area (Å²) >= 11 is 0. The molecule has 7 aromatic rings. The van der Waals surface area contributed by atoms with Crippen molar-refractivity contribution >= 4 is 34.6 Å². The molecule has 0 amide bonds. The molecule has 0 radical (unpaired) electrons. The third-order valence-corrected chi connectivity index (χ3v) is 16.4. The fourth-order valence-electron chi connectivity index (χ4n) is 10.2. The minimum Gasteiger partial charge on any atom is -0.318 e. The van der Waals surface area contributed by atoms with E-state index in [2.05, 4.69) is 280 Å². The van der Waals surface area contributed by atoms with Crippen LogP contribution in [0.4, 0.5) is 17.1 Å². The lowest BCUT2D eigenvalue weighted by Crippen LogP contribution is -2.53. The van der Waals surface area contributed by atoms with Gasteiger partial charge in [-0.05, 0) is 171 Å². The minimum absolute atomic E-state index is 0.257. The molecule has 3 aliphatic heterocycles. The van der Waals surface area contributed by atoms with Crippen molar-refractivity contribution in [2.45, 2.75) is 116 Å². The van der Waals surface area contributed by atoms with Gasteiger partial charge in [-0.25, -0.2) is 0 Å². The van der Waals surface area contributed by atoms with Gasteiger partial charge in [0.2, 0.25) is 0 Å². The molecule has 0 aromatic heterocycles. The van der Waals surface area contributed by atoms with Gasteiger partial charge in [-0.2, -0.15) is 0 Å². The minimum atomic E-state index is -0.293. The second kappa shape index (κ2) is 16.3. The predicted molar refractivity (Wildman–Crippen MR) is 294 cm³/mol. The van der Waals surface area contributed by atoms with Gasteiger partial charge in [0.05, 0.1) is 33.2 Å². The fourth-order valence-corrected chi connectivity index (χ4v) is 10.2. The number of nitrogens with zero attached hydrogens (tertiary/aromatic N) is 6. The molecule has 6 heteroatoms. The van der Waals surface area contributed by atoms with Crippen LogP contribution in [0.1, 0.15) is 99.8 Å². The van der Waals surface area contributed by atoms with Crippen LogP contribution in [0.3, 0.4) is 0 Å². The Kier molecular flexibility index (Phi) is 10.8. The lowest BCUT2D eigenvalue weighted by atomic mass is 9.82. The smallest absolute Gasteiger partial charge is 0.136 e. The normalized spacial score (nSPS) is 19.3. The third kappa shape index (κ3) is 7.60. The number of aliphatic imine (C=N–C) groups is 3.